The van der Waals surface area contributed by atoms with Gasteiger partial charge in [-0.1, -0.05) is 19.8 Å². The molecule has 1 aliphatic heterocycles. The lowest BCUT2D eigenvalue weighted by Gasteiger charge is -2.34. The minimum absolute atomic E-state index is 0. The Morgan fingerprint density at radius 1 is 1.05 bits per heavy atom. The molecule has 2 amide bonds. The second-order valence-electron chi connectivity index (χ2n) is 5.47. The molecule has 1 N–H and O–H groups in total. The van der Waals surface area contributed by atoms with E-state index in [0.29, 0.717) is 6.42 Å². The summed E-state index contributed by atoms with van der Waals surface area (Å²) < 4.78 is 0. The van der Waals surface area contributed by atoms with Gasteiger partial charge in [0.1, 0.15) is 0 Å². The van der Waals surface area contributed by atoms with Crippen molar-refractivity contribution in [1.82, 2.24) is 15.1 Å². The van der Waals surface area contributed by atoms with E-state index in [9.17, 15) is 9.59 Å². The number of amides is 2. The molecule has 0 aromatic carbocycles. The predicted molar refractivity (Wildman–Crippen MR) is 82.6 cm³/mol. The smallest absolute Gasteiger partial charge is 0.222 e. The van der Waals surface area contributed by atoms with E-state index in [1.54, 1.807) is 6.92 Å². The summed E-state index contributed by atoms with van der Waals surface area (Å²) in [6.45, 7) is 9.21. The number of piperazine rings is 1. The minimum Gasteiger partial charge on any atom is -0.356 e. The summed E-state index contributed by atoms with van der Waals surface area (Å²) in [5.41, 5.74) is 0. The molecule has 0 radical (unpaired) electrons. The summed E-state index contributed by atoms with van der Waals surface area (Å²) in [5, 5.41) is 2.82. The third kappa shape index (κ3) is 6.89. The first-order valence-corrected chi connectivity index (χ1v) is 7.88. The van der Waals surface area contributed by atoms with Crippen molar-refractivity contribution in [2.75, 3.05) is 39.3 Å². The molecule has 5 nitrogen and oxygen atoms in total. The number of hydrogen-bond donors (Lipinski definition) is 1. The van der Waals surface area contributed by atoms with Gasteiger partial charge in [-0.25, -0.2) is 0 Å². The Labute approximate surface area is 124 Å². The first kappa shape index (κ1) is 17.0. The summed E-state index contributed by atoms with van der Waals surface area (Å²) in [5.74, 6) is 0.340. The minimum atomic E-state index is 0. The predicted octanol–water partition coefficient (Wildman–Crippen LogP) is 1.48. The van der Waals surface area contributed by atoms with Crippen LogP contribution in [0.3, 0.4) is 0 Å². The van der Waals surface area contributed by atoms with Crippen molar-refractivity contribution < 1.29 is 11.0 Å². The molecule has 0 saturated carbocycles. The summed E-state index contributed by atoms with van der Waals surface area (Å²) >= 11 is 0. The van der Waals surface area contributed by atoms with Gasteiger partial charge in [0.05, 0.1) is 0 Å². The van der Waals surface area contributed by atoms with Gasteiger partial charge in [0.25, 0.3) is 0 Å². The second-order valence-corrected chi connectivity index (χ2v) is 5.47. The maximum atomic E-state index is 11.6. The second kappa shape index (κ2) is 9.75. The number of carbonyl (C=O) groups is 2. The van der Waals surface area contributed by atoms with E-state index in [4.69, 9.17) is 0 Å². The van der Waals surface area contributed by atoms with Gasteiger partial charge < -0.3 is 10.2 Å². The van der Waals surface area contributed by atoms with Crippen molar-refractivity contribution in [2.24, 2.45) is 0 Å². The van der Waals surface area contributed by atoms with E-state index in [1.807, 2.05) is 11.8 Å². The third-order valence-electron chi connectivity index (χ3n) is 3.80. The Balaban J connectivity index is 0.00000400. The van der Waals surface area contributed by atoms with Crippen molar-refractivity contribution >= 4 is 11.8 Å². The Kier molecular flexibility index (Phi) is 8.26. The normalized spacial score (nSPS) is 16.2. The van der Waals surface area contributed by atoms with Crippen molar-refractivity contribution in [1.29, 1.82) is 0 Å². The van der Waals surface area contributed by atoms with Crippen LogP contribution in [-0.2, 0) is 9.59 Å². The van der Waals surface area contributed by atoms with Gasteiger partial charge in [0.2, 0.25) is 11.8 Å². The Hall–Kier alpha value is -1.10. The molecule has 0 spiro atoms. The molecule has 0 aromatic heterocycles. The largest absolute Gasteiger partial charge is 0.356 e. The highest BCUT2D eigenvalue weighted by atomic mass is 16.2. The molecule has 1 rings (SSSR count). The molecule has 5 heteroatoms. The van der Waals surface area contributed by atoms with Gasteiger partial charge in [-0.05, 0) is 19.4 Å². The average Bonchev–Trinajstić information content (AvgIpc) is 2.45. The molecule has 0 unspecified atom stereocenters. The van der Waals surface area contributed by atoms with Gasteiger partial charge in [0.15, 0.2) is 0 Å². The molecule has 0 aliphatic carbocycles. The molecule has 0 bridgehead atoms. The highest BCUT2D eigenvalue weighted by Crippen LogP contribution is 2.06. The number of nitrogens with one attached hydrogen (secondary N) is 1. The standard InChI is InChI=1S/C15H29N3O2.H2/c1-3-15(20)18-12-10-17(11-13-18)9-7-5-4-6-8-16-14(2)19;/h3-13H2,1-2H3,(H,16,19);1H. The highest BCUT2D eigenvalue weighted by molar-refractivity contribution is 5.75. The number of carbonyl (C=O) groups excluding carboxylic acids is 2. The lowest BCUT2D eigenvalue weighted by molar-refractivity contribution is -0.132. The SMILES string of the molecule is CCC(=O)N1CCN(CCCCCCNC(C)=O)CC1.[HH]. The van der Waals surface area contributed by atoms with Crippen molar-refractivity contribution in [2.45, 2.75) is 46.0 Å². The lowest BCUT2D eigenvalue weighted by Crippen LogP contribution is -2.48. The molecule has 0 atom stereocenters. The zero-order valence-corrected chi connectivity index (χ0v) is 13.0. The molecule has 1 fully saturated rings. The zero-order valence-electron chi connectivity index (χ0n) is 13.0. The fraction of sp³-hybridized carbons (Fsp3) is 0.867. The number of hydrogen-bond acceptors (Lipinski definition) is 3. The molecule has 1 heterocycles. The van der Waals surface area contributed by atoms with Gasteiger partial charge in [-0.2, -0.15) is 0 Å². The van der Waals surface area contributed by atoms with Crippen molar-refractivity contribution in [3.05, 3.63) is 0 Å². The summed E-state index contributed by atoms with van der Waals surface area (Å²) in [6.07, 6.45) is 5.29. The molecular weight excluding hydrogens is 254 g/mol. The van der Waals surface area contributed by atoms with Gasteiger partial charge in [-0.3, -0.25) is 14.5 Å². The van der Waals surface area contributed by atoms with Crippen LogP contribution in [0, 0.1) is 0 Å². The monoisotopic (exact) mass is 285 g/mol. The maximum absolute atomic E-state index is 11.6. The molecule has 1 saturated heterocycles. The van der Waals surface area contributed by atoms with Crippen molar-refractivity contribution in [3.8, 4) is 0 Å². The van der Waals surface area contributed by atoms with E-state index in [-0.39, 0.29) is 13.2 Å². The van der Waals surface area contributed by atoms with Crippen LogP contribution in [0.1, 0.15) is 47.4 Å². The van der Waals surface area contributed by atoms with Crippen LogP contribution >= 0.6 is 0 Å². The Morgan fingerprint density at radius 2 is 1.70 bits per heavy atom. The number of nitrogens with zero attached hydrogens (tertiary/aromatic N) is 2. The fourth-order valence-electron chi connectivity index (χ4n) is 2.52. The van der Waals surface area contributed by atoms with Crippen LogP contribution in [-0.4, -0.2) is 60.9 Å². The number of unbranched alkanes of at least 4 members (excludes halogenated alkanes) is 3. The fourth-order valence-corrected chi connectivity index (χ4v) is 2.52. The van der Waals surface area contributed by atoms with Crippen LogP contribution in [0.25, 0.3) is 0 Å². The number of rotatable bonds is 8. The molecule has 20 heavy (non-hydrogen) atoms. The molecular formula is C15H31N3O2. The molecule has 1 aliphatic rings. The van der Waals surface area contributed by atoms with E-state index < -0.39 is 0 Å². The van der Waals surface area contributed by atoms with Crippen LogP contribution < -0.4 is 5.32 Å². The summed E-state index contributed by atoms with van der Waals surface area (Å²) in [4.78, 5) is 26.7. The van der Waals surface area contributed by atoms with E-state index >= 15 is 0 Å². The first-order chi connectivity index (χ1) is 9.63. The summed E-state index contributed by atoms with van der Waals surface area (Å²) in [6, 6.07) is 0. The third-order valence-corrected chi connectivity index (χ3v) is 3.80. The van der Waals surface area contributed by atoms with E-state index in [0.717, 1.165) is 45.7 Å². The highest BCUT2D eigenvalue weighted by Gasteiger charge is 2.19. The van der Waals surface area contributed by atoms with Gasteiger partial charge >= 0.3 is 0 Å². The lowest BCUT2D eigenvalue weighted by atomic mass is 10.1. The molecule has 0 aromatic rings. The topological polar surface area (TPSA) is 52.7 Å². The Bertz CT molecular complexity index is 305. The maximum Gasteiger partial charge on any atom is 0.222 e. The van der Waals surface area contributed by atoms with Crippen LogP contribution in [0.5, 0.6) is 0 Å². The summed E-state index contributed by atoms with van der Waals surface area (Å²) in [7, 11) is 0. The Morgan fingerprint density at radius 3 is 2.30 bits per heavy atom. The van der Waals surface area contributed by atoms with Gasteiger partial charge in [0, 0.05) is 47.5 Å². The van der Waals surface area contributed by atoms with Crippen LogP contribution in [0.2, 0.25) is 0 Å². The zero-order chi connectivity index (χ0) is 14.8. The first-order valence-electron chi connectivity index (χ1n) is 7.88. The van der Waals surface area contributed by atoms with E-state index in [2.05, 4.69) is 10.2 Å². The van der Waals surface area contributed by atoms with Crippen LogP contribution in [0.15, 0.2) is 0 Å². The van der Waals surface area contributed by atoms with Crippen molar-refractivity contribution in [3.63, 3.8) is 0 Å². The van der Waals surface area contributed by atoms with Gasteiger partial charge in [-0.15, -0.1) is 0 Å². The van der Waals surface area contributed by atoms with Crippen LogP contribution in [0.4, 0.5) is 0 Å². The van der Waals surface area contributed by atoms with E-state index in [1.165, 1.54) is 19.3 Å². The molecule has 118 valence electrons. The average molecular weight is 285 g/mol. The quantitative estimate of drug-likeness (QED) is 0.687.